The van der Waals surface area contributed by atoms with Gasteiger partial charge in [-0.05, 0) is 24.3 Å². The number of aliphatic hydroxyl groups excluding tert-OH is 1. The van der Waals surface area contributed by atoms with E-state index in [1.54, 1.807) is 37.4 Å². The van der Waals surface area contributed by atoms with Crippen LogP contribution in [0.25, 0.3) is 0 Å². The van der Waals surface area contributed by atoms with E-state index in [0.29, 0.717) is 23.5 Å². The molecule has 0 spiro atoms. The number of methoxy groups -OCH3 is 1. The third-order valence-corrected chi connectivity index (χ3v) is 4.27. The van der Waals surface area contributed by atoms with Crippen LogP contribution in [0.3, 0.4) is 0 Å². The summed E-state index contributed by atoms with van der Waals surface area (Å²) in [5.74, 6) is 1.13. The van der Waals surface area contributed by atoms with Gasteiger partial charge in [0.05, 0.1) is 25.4 Å². The number of nitrogens with one attached hydrogen (secondary N) is 1. The van der Waals surface area contributed by atoms with Crippen LogP contribution in [-0.2, 0) is 0 Å². The monoisotopic (exact) mass is 342 g/mol. The smallest absolute Gasteiger partial charge is 0.251 e. The van der Waals surface area contributed by atoms with E-state index in [1.165, 1.54) is 0 Å². The number of benzene rings is 2. The van der Waals surface area contributed by atoms with Crippen LogP contribution < -0.4 is 19.7 Å². The molecule has 0 radical (unpaired) electrons. The van der Waals surface area contributed by atoms with Crippen LogP contribution in [0, 0.1) is 0 Å². The number of fused-ring (bicyclic) bond motifs is 1. The van der Waals surface area contributed by atoms with Crippen LogP contribution in [0.5, 0.6) is 11.5 Å². The molecule has 6 heteroatoms. The first-order valence-corrected chi connectivity index (χ1v) is 8.17. The minimum absolute atomic E-state index is 0.0998. The first-order chi connectivity index (χ1) is 12.1. The molecule has 1 heterocycles. The van der Waals surface area contributed by atoms with Gasteiger partial charge in [0.25, 0.3) is 5.91 Å². The standard InChI is InChI=1S/C19H22N2O4/c1-21-9-10-25-18-8-7-13(11-15(18)21)19(23)20-12-16(22)14-5-3-4-6-17(14)24-2/h3-8,11,16,22H,9-10,12H2,1-2H3,(H,20,23). The Hall–Kier alpha value is -2.73. The lowest BCUT2D eigenvalue weighted by atomic mass is 10.1. The number of hydrogen-bond donors (Lipinski definition) is 2. The predicted octanol–water partition coefficient (Wildman–Crippen LogP) is 1.99. The minimum atomic E-state index is -0.844. The van der Waals surface area contributed by atoms with Gasteiger partial charge in [0.2, 0.25) is 0 Å². The summed E-state index contributed by atoms with van der Waals surface area (Å²) in [5, 5.41) is 13.1. The average molecular weight is 342 g/mol. The topological polar surface area (TPSA) is 71.0 Å². The maximum absolute atomic E-state index is 12.4. The summed E-state index contributed by atoms with van der Waals surface area (Å²) in [6, 6.07) is 12.5. The van der Waals surface area contributed by atoms with Gasteiger partial charge in [0.15, 0.2) is 0 Å². The molecule has 6 nitrogen and oxygen atoms in total. The maximum Gasteiger partial charge on any atom is 0.251 e. The van der Waals surface area contributed by atoms with Crippen molar-refractivity contribution in [3.8, 4) is 11.5 Å². The molecule has 1 amide bonds. The van der Waals surface area contributed by atoms with Gasteiger partial charge in [-0.1, -0.05) is 18.2 Å². The Morgan fingerprint density at radius 1 is 1.36 bits per heavy atom. The molecule has 0 saturated carbocycles. The van der Waals surface area contributed by atoms with Crippen molar-refractivity contribution in [3.63, 3.8) is 0 Å². The molecule has 0 bridgehead atoms. The molecule has 132 valence electrons. The second-order valence-electron chi connectivity index (χ2n) is 5.92. The normalized spacial score (nSPS) is 14.3. The molecule has 0 fully saturated rings. The lowest BCUT2D eigenvalue weighted by Gasteiger charge is -2.28. The number of anilines is 1. The highest BCUT2D eigenvalue weighted by molar-refractivity contribution is 5.95. The summed E-state index contributed by atoms with van der Waals surface area (Å²) in [6.45, 7) is 1.52. The van der Waals surface area contributed by atoms with Crippen molar-refractivity contribution in [2.75, 3.05) is 38.8 Å². The van der Waals surface area contributed by atoms with Crippen LogP contribution in [0.4, 0.5) is 5.69 Å². The van der Waals surface area contributed by atoms with Crippen LogP contribution >= 0.6 is 0 Å². The second-order valence-corrected chi connectivity index (χ2v) is 5.92. The molecule has 1 atom stereocenters. The molecule has 0 aromatic heterocycles. The van der Waals surface area contributed by atoms with Crippen molar-refractivity contribution in [1.82, 2.24) is 5.32 Å². The van der Waals surface area contributed by atoms with Crippen molar-refractivity contribution >= 4 is 11.6 Å². The van der Waals surface area contributed by atoms with Gasteiger partial charge in [-0.15, -0.1) is 0 Å². The van der Waals surface area contributed by atoms with Crippen LogP contribution in [0.15, 0.2) is 42.5 Å². The summed E-state index contributed by atoms with van der Waals surface area (Å²) in [6.07, 6.45) is -0.844. The first-order valence-electron chi connectivity index (χ1n) is 8.17. The van der Waals surface area contributed by atoms with Gasteiger partial charge in [0.1, 0.15) is 18.1 Å². The van der Waals surface area contributed by atoms with Crippen molar-refractivity contribution in [2.24, 2.45) is 0 Å². The molecule has 1 aliphatic rings. The molecule has 25 heavy (non-hydrogen) atoms. The number of aliphatic hydroxyl groups is 1. The molecule has 2 N–H and O–H groups in total. The van der Waals surface area contributed by atoms with Crippen molar-refractivity contribution < 1.29 is 19.4 Å². The fraction of sp³-hybridized carbons (Fsp3) is 0.316. The average Bonchev–Trinajstić information content (AvgIpc) is 2.65. The van der Waals surface area contributed by atoms with E-state index in [2.05, 4.69) is 10.2 Å². The Kier molecular flexibility index (Phi) is 5.09. The third-order valence-electron chi connectivity index (χ3n) is 4.27. The molecule has 0 saturated heterocycles. The van der Waals surface area contributed by atoms with Crippen LogP contribution in [-0.4, -0.2) is 44.9 Å². The highest BCUT2D eigenvalue weighted by Gasteiger charge is 2.18. The van der Waals surface area contributed by atoms with E-state index in [-0.39, 0.29) is 12.5 Å². The molecular formula is C19H22N2O4. The number of nitrogens with zero attached hydrogens (tertiary/aromatic N) is 1. The fourth-order valence-corrected chi connectivity index (χ4v) is 2.84. The van der Waals surface area contributed by atoms with E-state index < -0.39 is 6.10 Å². The Morgan fingerprint density at radius 2 is 2.16 bits per heavy atom. The number of ether oxygens (including phenoxy) is 2. The van der Waals surface area contributed by atoms with E-state index in [1.807, 2.05) is 19.2 Å². The van der Waals surface area contributed by atoms with E-state index in [4.69, 9.17) is 9.47 Å². The van der Waals surface area contributed by atoms with Crippen molar-refractivity contribution in [3.05, 3.63) is 53.6 Å². The van der Waals surface area contributed by atoms with Gasteiger partial charge < -0.3 is 24.8 Å². The highest BCUT2D eigenvalue weighted by atomic mass is 16.5. The predicted molar refractivity (Wildman–Crippen MR) is 95.5 cm³/mol. The minimum Gasteiger partial charge on any atom is -0.496 e. The molecule has 0 aliphatic carbocycles. The fourth-order valence-electron chi connectivity index (χ4n) is 2.84. The van der Waals surface area contributed by atoms with Gasteiger partial charge >= 0.3 is 0 Å². The number of rotatable bonds is 5. The van der Waals surface area contributed by atoms with Crippen molar-refractivity contribution in [2.45, 2.75) is 6.10 Å². The molecule has 2 aromatic rings. The first kappa shape index (κ1) is 17.1. The number of likely N-dealkylation sites (N-methyl/N-ethyl adjacent to an activating group) is 1. The Labute approximate surface area is 147 Å². The largest absolute Gasteiger partial charge is 0.496 e. The number of amides is 1. The van der Waals surface area contributed by atoms with E-state index in [0.717, 1.165) is 18.0 Å². The maximum atomic E-state index is 12.4. The van der Waals surface area contributed by atoms with Crippen LogP contribution in [0.1, 0.15) is 22.0 Å². The molecule has 2 aromatic carbocycles. The molecular weight excluding hydrogens is 320 g/mol. The Balaban J connectivity index is 1.67. The number of para-hydroxylation sites is 1. The third kappa shape index (κ3) is 3.69. The zero-order chi connectivity index (χ0) is 17.8. The SMILES string of the molecule is COc1ccccc1C(O)CNC(=O)c1ccc2c(c1)N(C)CCO2. The summed E-state index contributed by atoms with van der Waals surface area (Å²) in [5.41, 5.74) is 2.07. The van der Waals surface area contributed by atoms with Crippen molar-refractivity contribution in [1.29, 1.82) is 0 Å². The summed E-state index contributed by atoms with van der Waals surface area (Å²) < 4.78 is 10.8. The quantitative estimate of drug-likeness (QED) is 0.869. The summed E-state index contributed by atoms with van der Waals surface area (Å²) in [4.78, 5) is 14.5. The molecule has 1 unspecified atom stereocenters. The molecule has 1 aliphatic heterocycles. The highest BCUT2D eigenvalue weighted by Crippen LogP contribution is 2.31. The van der Waals surface area contributed by atoms with E-state index in [9.17, 15) is 9.90 Å². The lowest BCUT2D eigenvalue weighted by Crippen LogP contribution is -2.31. The van der Waals surface area contributed by atoms with Gasteiger partial charge in [-0.25, -0.2) is 0 Å². The second kappa shape index (κ2) is 7.44. The summed E-state index contributed by atoms with van der Waals surface area (Å²) in [7, 11) is 3.52. The molecule has 3 rings (SSSR count). The Bertz CT molecular complexity index is 763. The van der Waals surface area contributed by atoms with E-state index >= 15 is 0 Å². The zero-order valence-electron chi connectivity index (χ0n) is 14.4. The van der Waals surface area contributed by atoms with Crippen LogP contribution in [0.2, 0.25) is 0 Å². The van der Waals surface area contributed by atoms with Gasteiger partial charge in [-0.2, -0.15) is 0 Å². The lowest BCUT2D eigenvalue weighted by molar-refractivity contribution is 0.0914. The van der Waals surface area contributed by atoms with Gasteiger partial charge in [-0.3, -0.25) is 4.79 Å². The number of carbonyl (C=O) groups is 1. The summed E-state index contributed by atoms with van der Waals surface area (Å²) >= 11 is 0. The number of carbonyl (C=O) groups excluding carboxylic acids is 1. The van der Waals surface area contributed by atoms with Gasteiger partial charge in [0, 0.05) is 24.7 Å². The number of hydrogen-bond acceptors (Lipinski definition) is 5. The Morgan fingerprint density at radius 3 is 2.96 bits per heavy atom. The zero-order valence-corrected chi connectivity index (χ0v) is 14.4.